The van der Waals surface area contributed by atoms with Crippen molar-refractivity contribution in [1.29, 1.82) is 0 Å². The summed E-state index contributed by atoms with van der Waals surface area (Å²) >= 11 is 0. The summed E-state index contributed by atoms with van der Waals surface area (Å²) in [6.45, 7) is 2.20. The monoisotopic (exact) mass is 266 g/mol. The van der Waals surface area contributed by atoms with Crippen LogP contribution in [0.5, 0.6) is 0 Å². The maximum absolute atomic E-state index is 12.0. The van der Waals surface area contributed by atoms with Crippen molar-refractivity contribution < 1.29 is 4.79 Å². The van der Waals surface area contributed by atoms with Crippen molar-refractivity contribution in [2.45, 2.75) is 39.0 Å². The molecule has 0 bridgehead atoms. The second-order valence-electron chi connectivity index (χ2n) is 5.30. The van der Waals surface area contributed by atoms with Gasteiger partial charge in [-0.15, -0.1) is 0 Å². The summed E-state index contributed by atoms with van der Waals surface area (Å²) in [6.07, 6.45) is 4.64. The number of hydrogen-bond donors (Lipinski definition) is 0. The van der Waals surface area contributed by atoms with Gasteiger partial charge in [0.15, 0.2) is 0 Å². The number of unbranched alkanes of at least 4 members (excludes halogenated alkanes) is 1. The van der Waals surface area contributed by atoms with Crippen LogP contribution in [0.3, 0.4) is 0 Å². The third-order valence-corrected chi connectivity index (χ3v) is 3.49. The predicted molar refractivity (Wildman–Crippen MR) is 83.9 cm³/mol. The molecule has 0 atom stereocenters. The average Bonchev–Trinajstić information content (AvgIpc) is 2.47. The first-order chi connectivity index (χ1) is 9.78. The molecule has 20 heavy (non-hydrogen) atoms. The Morgan fingerprint density at radius 3 is 1.95 bits per heavy atom. The molecule has 0 saturated carbocycles. The molecule has 1 heteroatoms. The lowest BCUT2D eigenvalue weighted by Crippen LogP contribution is -2.06. The second-order valence-corrected chi connectivity index (χ2v) is 5.30. The van der Waals surface area contributed by atoms with E-state index < -0.39 is 0 Å². The largest absolute Gasteiger partial charge is 0.299 e. The van der Waals surface area contributed by atoms with E-state index in [9.17, 15) is 4.79 Å². The topological polar surface area (TPSA) is 17.1 Å². The van der Waals surface area contributed by atoms with Gasteiger partial charge in [-0.3, -0.25) is 4.79 Å². The zero-order valence-corrected chi connectivity index (χ0v) is 12.1. The molecule has 1 nitrogen and oxygen atoms in total. The third-order valence-electron chi connectivity index (χ3n) is 3.49. The number of rotatable bonds is 7. The number of ketones is 1. The molecule has 0 aliphatic carbocycles. The van der Waals surface area contributed by atoms with Gasteiger partial charge in [0.2, 0.25) is 0 Å². The molecular formula is C19H22O. The van der Waals surface area contributed by atoms with Crippen LogP contribution >= 0.6 is 0 Å². The summed E-state index contributed by atoms with van der Waals surface area (Å²) in [6, 6.07) is 18.4. The molecule has 0 spiro atoms. The molecule has 0 heterocycles. The quantitative estimate of drug-likeness (QED) is 0.726. The van der Waals surface area contributed by atoms with E-state index in [0.29, 0.717) is 12.8 Å². The van der Waals surface area contributed by atoms with Gasteiger partial charge in [-0.2, -0.15) is 0 Å². The van der Waals surface area contributed by atoms with Crippen LogP contribution in [0.25, 0.3) is 0 Å². The molecule has 2 aromatic carbocycles. The Hall–Kier alpha value is -1.89. The molecule has 2 aromatic rings. The highest BCUT2D eigenvalue weighted by Gasteiger charge is 2.05. The summed E-state index contributed by atoms with van der Waals surface area (Å²) < 4.78 is 0. The van der Waals surface area contributed by atoms with E-state index in [1.807, 2.05) is 30.3 Å². The van der Waals surface area contributed by atoms with Crippen molar-refractivity contribution in [3.8, 4) is 0 Å². The zero-order valence-electron chi connectivity index (χ0n) is 12.1. The fourth-order valence-electron chi connectivity index (χ4n) is 2.32. The summed E-state index contributed by atoms with van der Waals surface area (Å²) in [5.74, 6) is 0.275. The fraction of sp³-hybridized carbons (Fsp3) is 0.316. The lowest BCUT2D eigenvalue weighted by molar-refractivity contribution is -0.117. The van der Waals surface area contributed by atoms with Crippen molar-refractivity contribution in [3.63, 3.8) is 0 Å². The standard InChI is InChI=1S/C19H22O/c1-2-3-7-16-10-12-18(13-11-16)15-19(20)14-17-8-5-4-6-9-17/h4-6,8-13H,2-3,7,14-15H2,1H3. The Labute approximate surface area is 121 Å². The van der Waals surface area contributed by atoms with Crippen LogP contribution in [0.15, 0.2) is 54.6 Å². The highest BCUT2D eigenvalue weighted by molar-refractivity contribution is 5.83. The molecule has 0 radical (unpaired) electrons. The summed E-state index contributed by atoms with van der Waals surface area (Å²) in [4.78, 5) is 12.0. The van der Waals surface area contributed by atoms with Gasteiger partial charge >= 0.3 is 0 Å². The highest BCUT2D eigenvalue weighted by Crippen LogP contribution is 2.10. The Kier molecular flexibility index (Phi) is 5.55. The van der Waals surface area contributed by atoms with E-state index in [4.69, 9.17) is 0 Å². The summed E-state index contributed by atoms with van der Waals surface area (Å²) in [7, 11) is 0. The van der Waals surface area contributed by atoms with Crippen molar-refractivity contribution in [1.82, 2.24) is 0 Å². The molecule has 0 N–H and O–H groups in total. The molecule has 0 amide bonds. The van der Waals surface area contributed by atoms with Gasteiger partial charge in [-0.1, -0.05) is 67.9 Å². The molecule has 0 aliphatic heterocycles. The predicted octanol–water partition coefficient (Wildman–Crippen LogP) is 4.38. The van der Waals surface area contributed by atoms with Gasteiger partial charge in [0, 0.05) is 12.8 Å². The number of aryl methyl sites for hydroxylation is 1. The lowest BCUT2D eigenvalue weighted by atomic mass is 10.0. The van der Waals surface area contributed by atoms with Crippen molar-refractivity contribution in [2.75, 3.05) is 0 Å². The van der Waals surface area contributed by atoms with E-state index in [1.54, 1.807) is 0 Å². The van der Waals surface area contributed by atoms with Crippen molar-refractivity contribution in [2.24, 2.45) is 0 Å². The molecule has 2 rings (SSSR count). The van der Waals surface area contributed by atoms with Crippen LogP contribution in [0.4, 0.5) is 0 Å². The van der Waals surface area contributed by atoms with Gasteiger partial charge in [-0.05, 0) is 29.5 Å². The van der Waals surface area contributed by atoms with Crippen LogP contribution in [-0.4, -0.2) is 5.78 Å². The molecule has 104 valence electrons. The first-order valence-corrected chi connectivity index (χ1v) is 7.41. The van der Waals surface area contributed by atoms with Crippen LogP contribution in [0.2, 0.25) is 0 Å². The zero-order chi connectivity index (χ0) is 14.2. The van der Waals surface area contributed by atoms with E-state index >= 15 is 0 Å². The van der Waals surface area contributed by atoms with E-state index in [-0.39, 0.29) is 5.78 Å². The SMILES string of the molecule is CCCCc1ccc(CC(=O)Cc2ccccc2)cc1. The van der Waals surface area contributed by atoms with Gasteiger partial charge in [0.25, 0.3) is 0 Å². The number of carbonyl (C=O) groups excluding carboxylic acids is 1. The van der Waals surface area contributed by atoms with E-state index in [1.165, 1.54) is 18.4 Å². The molecule has 0 aliphatic rings. The molecule has 0 fully saturated rings. The van der Waals surface area contributed by atoms with Gasteiger partial charge < -0.3 is 0 Å². The Morgan fingerprint density at radius 2 is 1.35 bits per heavy atom. The number of Topliss-reactive ketones (excluding diaryl/α,β-unsaturated/α-hetero) is 1. The summed E-state index contributed by atoms with van der Waals surface area (Å²) in [5, 5.41) is 0. The fourth-order valence-corrected chi connectivity index (χ4v) is 2.32. The number of carbonyl (C=O) groups is 1. The number of hydrogen-bond acceptors (Lipinski definition) is 1. The van der Waals surface area contributed by atoms with Crippen LogP contribution < -0.4 is 0 Å². The van der Waals surface area contributed by atoms with Gasteiger partial charge in [0.05, 0.1) is 0 Å². The average molecular weight is 266 g/mol. The Bertz CT molecular complexity index is 525. The molecule has 0 saturated heterocycles. The minimum Gasteiger partial charge on any atom is -0.299 e. The van der Waals surface area contributed by atoms with Crippen LogP contribution in [0, 0.1) is 0 Å². The smallest absolute Gasteiger partial charge is 0.141 e. The lowest BCUT2D eigenvalue weighted by Gasteiger charge is -2.04. The first-order valence-electron chi connectivity index (χ1n) is 7.41. The molecular weight excluding hydrogens is 244 g/mol. The third kappa shape index (κ3) is 4.65. The van der Waals surface area contributed by atoms with Crippen LogP contribution in [0.1, 0.15) is 36.5 Å². The van der Waals surface area contributed by atoms with Crippen molar-refractivity contribution in [3.05, 3.63) is 71.3 Å². The summed E-state index contributed by atoms with van der Waals surface area (Å²) in [5.41, 5.74) is 3.58. The minimum atomic E-state index is 0.275. The maximum Gasteiger partial charge on any atom is 0.141 e. The van der Waals surface area contributed by atoms with Gasteiger partial charge in [-0.25, -0.2) is 0 Å². The Balaban J connectivity index is 1.88. The van der Waals surface area contributed by atoms with Crippen molar-refractivity contribution >= 4 is 5.78 Å². The van der Waals surface area contributed by atoms with Crippen LogP contribution in [-0.2, 0) is 24.1 Å². The molecule has 0 unspecified atom stereocenters. The normalized spacial score (nSPS) is 10.4. The molecule has 0 aromatic heterocycles. The van der Waals surface area contributed by atoms with Gasteiger partial charge in [0.1, 0.15) is 5.78 Å². The van der Waals surface area contributed by atoms with E-state index in [2.05, 4.69) is 31.2 Å². The second kappa shape index (κ2) is 7.64. The van der Waals surface area contributed by atoms with E-state index in [0.717, 1.165) is 17.5 Å². The first kappa shape index (κ1) is 14.5. The maximum atomic E-state index is 12.0. The highest BCUT2D eigenvalue weighted by atomic mass is 16.1. The minimum absolute atomic E-state index is 0.275. The Morgan fingerprint density at radius 1 is 0.800 bits per heavy atom. The number of benzene rings is 2.